The quantitative estimate of drug-likeness (QED) is 0.518. The Labute approximate surface area is 208 Å². The standard InChI is InChI=1S/C25H27FN4O5S/c1-15-13-25(2,3)30(14-15)22-16(23(31)29-36(33,34)20-9-6-12-27-24(20)32)10-11-18(28-22)21-17(26)7-5-8-19(21)35-4/h5-12,15H,13-14H2,1-4H3,(H,27,32)(H,29,31)/t15-/m0/s1. The number of ether oxygens (including phenoxy) is 1. The number of sulfonamides is 1. The molecule has 3 heterocycles. The highest BCUT2D eigenvalue weighted by Crippen LogP contribution is 2.39. The van der Waals surface area contributed by atoms with Gasteiger partial charge in [-0.15, -0.1) is 0 Å². The Balaban J connectivity index is 1.84. The lowest BCUT2D eigenvalue weighted by Crippen LogP contribution is -2.41. The summed E-state index contributed by atoms with van der Waals surface area (Å²) in [7, 11) is -3.05. The van der Waals surface area contributed by atoms with Crippen LogP contribution in [0.25, 0.3) is 11.3 Å². The van der Waals surface area contributed by atoms with Gasteiger partial charge in [0, 0.05) is 18.3 Å². The van der Waals surface area contributed by atoms with E-state index in [0.717, 1.165) is 12.5 Å². The van der Waals surface area contributed by atoms with Crippen LogP contribution in [-0.4, -0.2) is 43.5 Å². The van der Waals surface area contributed by atoms with E-state index in [-0.39, 0.29) is 34.3 Å². The number of anilines is 1. The summed E-state index contributed by atoms with van der Waals surface area (Å²) in [6, 6.07) is 9.70. The molecule has 0 unspecified atom stereocenters. The number of methoxy groups -OCH3 is 1. The lowest BCUT2D eigenvalue weighted by molar-refractivity contribution is 0.0981. The van der Waals surface area contributed by atoms with Gasteiger partial charge in [0.1, 0.15) is 17.4 Å². The molecular weight excluding hydrogens is 487 g/mol. The number of hydrogen-bond donors (Lipinski definition) is 2. The van der Waals surface area contributed by atoms with Crippen molar-refractivity contribution < 1.29 is 22.3 Å². The summed E-state index contributed by atoms with van der Waals surface area (Å²) in [6.45, 7) is 6.62. The number of nitrogens with one attached hydrogen (secondary N) is 2. The second-order valence-electron chi connectivity index (χ2n) is 9.42. The van der Waals surface area contributed by atoms with Crippen LogP contribution in [0.4, 0.5) is 10.2 Å². The molecule has 11 heteroatoms. The van der Waals surface area contributed by atoms with E-state index < -0.39 is 37.7 Å². The molecule has 1 amide bonds. The number of H-pyrrole nitrogens is 1. The molecule has 1 saturated heterocycles. The van der Waals surface area contributed by atoms with Gasteiger partial charge < -0.3 is 14.6 Å². The van der Waals surface area contributed by atoms with Crippen molar-refractivity contribution in [2.75, 3.05) is 18.6 Å². The van der Waals surface area contributed by atoms with Crippen LogP contribution in [0.1, 0.15) is 37.6 Å². The molecule has 3 aromatic rings. The first-order chi connectivity index (χ1) is 16.9. The summed E-state index contributed by atoms with van der Waals surface area (Å²) in [5, 5.41) is 0. The largest absolute Gasteiger partial charge is 0.496 e. The van der Waals surface area contributed by atoms with Crippen LogP contribution in [0.2, 0.25) is 0 Å². The number of carbonyl (C=O) groups is 1. The second-order valence-corrected chi connectivity index (χ2v) is 11.1. The Morgan fingerprint density at radius 1 is 1.22 bits per heavy atom. The van der Waals surface area contributed by atoms with Crippen molar-refractivity contribution in [1.82, 2.24) is 14.7 Å². The van der Waals surface area contributed by atoms with Crippen molar-refractivity contribution in [3.63, 3.8) is 0 Å². The van der Waals surface area contributed by atoms with Gasteiger partial charge >= 0.3 is 0 Å². The minimum atomic E-state index is -4.47. The molecule has 2 aromatic heterocycles. The van der Waals surface area contributed by atoms with Crippen LogP contribution in [0.15, 0.2) is 58.4 Å². The molecule has 190 valence electrons. The van der Waals surface area contributed by atoms with Gasteiger partial charge in [-0.3, -0.25) is 9.59 Å². The summed E-state index contributed by atoms with van der Waals surface area (Å²) in [5.74, 6) is -0.753. The van der Waals surface area contributed by atoms with Crippen LogP contribution in [0, 0.1) is 11.7 Å². The average molecular weight is 515 g/mol. The number of benzene rings is 1. The lowest BCUT2D eigenvalue weighted by Gasteiger charge is -2.34. The molecule has 0 radical (unpaired) electrons. The van der Waals surface area contributed by atoms with Gasteiger partial charge in [0.2, 0.25) is 0 Å². The van der Waals surface area contributed by atoms with Crippen molar-refractivity contribution >= 4 is 21.7 Å². The molecule has 0 spiro atoms. The number of aromatic nitrogens is 2. The number of rotatable bonds is 6. The summed E-state index contributed by atoms with van der Waals surface area (Å²) >= 11 is 0. The Hall–Kier alpha value is -3.73. The van der Waals surface area contributed by atoms with Crippen LogP contribution in [0.3, 0.4) is 0 Å². The topological polar surface area (TPSA) is 121 Å². The maximum Gasteiger partial charge on any atom is 0.269 e. The van der Waals surface area contributed by atoms with E-state index in [1.165, 1.54) is 43.6 Å². The van der Waals surface area contributed by atoms with Crippen molar-refractivity contribution in [2.24, 2.45) is 5.92 Å². The second kappa shape index (κ2) is 9.38. The molecule has 0 saturated carbocycles. The molecule has 1 atom stereocenters. The summed E-state index contributed by atoms with van der Waals surface area (Å²) in [5.41, 5.74) is -0.926. The highest BCUT2D eigenvalue weighted by atomic mass is 32.2. The maximum atomic E-state index is 14.8. The predicted molar refractivity (Wildman–Crippen MR) is 133 cm³/mol. The van der Waals surface area contributed by atoms with E-state index in [0.29, 0.717) is 6.54 Å². The van der Waals surface area contributed by atoms with Gasteiger partial charge in [-0.25, -0.2) is 22.5 Å². The van der Waals surface area contributed by atoms with E-state index in [4.69, 9.17) is 4.74 Å². The smallest absolute Gasteiger partial charge is 0.269 e. The lowest BCUT2D eigenvalue weighted by atomic mass is 9.97. The Bertz CT molecular complexity index is 1490. The molecular formula is C25H27FN4O5S. The highest BCUT2D eigenvalue weighted by Gasteiger charge is 2.39. The number of halogens is 1. The molecule has 36 heavy (non-hydrogen) atoms. The molecule has 1 fully saturated rings. The summed E-state index contributed by atoms with van der Waals surface area (Å²) in [4.78, 5) is 33.6. The van der Waals surface area contributed by atoms with Crippen LogP contribution in [0.5, 0.6) is 5.75 Å². The number of nitrogens with zero attached hydrogens (tertiary/aromatic N) is 2. The van der Waals surface area contributed by atoms with Gasteiger partial charge in [-0.2, -0.15) is 0 Å². The Morgan fingerprint density at radius 3 is 2.61 bits per heavy atom. The zero-order chi connectivity index (χ0) is 26.3. The fourth-order valence-electron chi connectivity index (χ4n) is 4.70. The van der Waals surface area contributed by atoms with Crippen LogP contribution < -0.4 is 19.9 Å². The van der Waals surface area contributed by atoms with Gasteiger partial charge in [0.05, 0.1) is 23.9 Å². The van der Waals surface area contributed by atoms with Crippen molar-refractivity contribution in [3.8, 4) is 17.0 Å². The molecule has 1 aromatic carbocycles. The Kier molecular flexibility index (Phi) is 6.61. The molecule has 0 aliphatic carbocycles. The van der Waals surface area contributed by atoms with Crippen molar-refractivity contribution in [2.45, 2.75) is 37.6 Å². The molecule has 1 aliphatic heterocycles. The van der Waals surface area contributed by atoms with Crippen LogP contribution in [-0.2, 0) is 10.0 Å². The predicted octanol–water partition coefficient (Wildman–Crippen LogP) is 3.33. The van der Waals surface area contributed by atoms with Crippen LogP contribution >= 0.6 is 0 Å². The minimum Gasteiger partial charge on any atom is -0.496 e. The van der Waals surface area contributed by atoms with E-state index in [1.807, 2.05) is 23.5 Å². The van der Waals surface area contributed by atoms with Gasteiger partial charge in [-0.1, -0.05) is 13.0 Å². The van der Waals surface area contributed by atoms with Gasteiger partial charge in [0.25, 0.3) is 21.5 Å². The molecule has 2 N–H and O–H groups in total. The number of aromatic amines is 1. The SMILES string of the molecule is COc1cccc(F)c1-c1ccc(C(=O)NS(=O)(=O)c2ccc[nH]c2=O)c(N2C[C@@H](C)CC2(C)C)n1. The third-order valence-electron chi connectivity index (χ3n) is 6.20. The molecule has 4 rings (SSSR count). The zero-order valence-electron chi connectivity index (χ0n) is 20.3. The zero-order valence-corrected chi connectivity index (χ0v) is 21.1. The van der Waals surface area contributed by atoms with Gasteiger partial charge in [0.15, 0.2) is 4.90 Å². The fourth-order valence-corrected chi connectivity index (χ4v) is 5.73. The Morgan fingerprint density at radius 2 is 1.97 bits per heavy atom. The number of amides is 1. The normalized spacial score (nSPS) is 17.1. The highest BCUT2D eigenvalue weighted by molar-refractivity contribution is 7.90. The molecule has 1 aliphatic rings. The average Bonchev–Trinajstić information content (AvgIpc) is 3.09. The first-order valence-electron chi connectivity index (χ1n) is 11.3. The first kappa shape index (κ1) is 25.4. The molecule has 9 nitrogen and oxygen atoms in total. The van der Waals surface area contributed by atoms with E-state index >= 15 is 0 Å². The van der Waals surface area contributed by atoms with E-state index in [9.17, 15) is 22.4 Å². The third kappa shape index (κ3) is 4.70. The van der Waals surface area contributed by atoms with E-state index in [1.54, 1.807) is 6.07 Å². The molecule has 0 bridgehead atoms. The third-order valence-corrected chi connectivity index (χ3v) is 7.55. The monoisotopic (exact) mass is 514 g/mol. The minimum absolute atomic E-state index is 0.0211. The number of carbonyl (C=O) groups excluding carboxylic acids is 1. The van der Waals surface area contributed by atoms with Gasteiger partial charge in [-0.05, 0) is 62.6 Å². The number of pyridine rings is 2. The maximum absolute atomic E-state index is 14.8. The first-order valence-corrected chi connectivity index (χ1v) is 12.8. The summed E-state index contributed by atoms with van der Waals surface area (Å²) < 4.78 is 47.8. The van der Waals surface area contributed by atoms with E-state index in [2.05, 4.69) is 16.9 Å². The summed E-state index contributed by atoms with van der Waals surface area (Å²) in [6.07, 6.45) is 2.10. The number of hydrogen-bond acceptors (Lipinski definition) is 7. The van der Waals surface area contributed by atoms with Crippen molar-refractivity contribution in [1.29, 1.82) is 0 Å². The van der Waals surface area contributed by atoms with Crippen molar-refractivity contribution in [3.05, 3.63) is 70.4 Å². The fraction of sp³-hybridized carbons (Fsp3) is 0.320.